The van der Waals surface area contributed by atoms with Crippen LogP contribution in [0.2, 0.25) is 0 Å². The van der Waals surface area contributed by atoms with Crippen LogP contribution in [-0.2, 0) is 9.59 Å². The maximum Gasteiger partial charge on any atom is 0.332 e. The van der Waals surface area contributed by atoms with Crippen molar-refractivity contribution in [3.05, 3.63) is 24.3 Å². The van der Waals surface area contributed by atoms with Crippen LogP contribution >= 0.6 is 0 Å². The van der Waals surface area contributed by atoms with E-state index in [1.54, 1.807) is 6.92 Å². The van der Waals surface area contributed by atoms with Gasteiger partial charge in [-0.1, -0.05) is 13.0 Å². The van der Waals surface area contributed by atoms with Crippen molar-refractivity contribution in [2.45, 2.75) is 6.92 Å². The van der Waals surface area contributed by atoms with E-state index in [1.165, 1.54) is 6.08 Å². The summed E-state index contributed by atoms with van der Waals surface area (Å²) in [5.41, 5.74) is -0.169. The average Bonchev–Trinajstić information content (AvgIpc) is 1.98. The van der Waals surface area contributed by atoms with Gasteiger partial charge in [0.1, 0.15) is 0 Å². The molecule has 0 amide bonds. The Bertz CT molecular complexity index is 239. The largest absolute Gasteiger partial charge is 0.478 e. The first-order chi connectivity index (χ1) is 5.49. The lowest BCUT2D eigenvalue weighted by Gasteiger charge is -2.04. The molecular formula is C8H10O4. The molecule has 1 unspecified atom stereocenters. The Labute approximate surface area is 69.8 Å². The van der Waals surface area contributed by atoms with Crippen molar-refractivity contribution in [3.63, 3.8) is 0 Å². The average molecular weight is 170 g/mol. The molecule has 0 aromatic rings. The van der Waals surface area contributed by atoms with E-state index in [1.807, 2.05) is 0 Å². The first-order valence-corrected chi connectivity index (χ1v) is 3.29. The number of rotatable bonds is 4. The Morgan fingerprint density at radius 3 is 2.17 bits per heavy atom. The molecule has 0 aliphatic carbocycles. The lowest BCUT2D eigenvalue weighted by atomic mass is 10.0. The standard InChI is InChI=1S/C8H10O4/c1-3-5(2)6(8(11)12)4-7(9)10/h3-5H,1H2,2H3,(H,9,10)(H,11,12)/b6-4-. The molecule has 66 valence electrons. The van der Waals surface area contributed by atoms with Crippen LogP contribution in [0.4, 0.5) is 0 Å². The van der Waals surface area contributed by atoms with E-state index in [-0.39, 0.29) is 5.57 Å². The third kappa shape index (κ3) is 3.01. The van der Waals surface area contributed by atoms with Crippen molar-refractivity contribution in [1.82, 2.24) is 0 Å². The van der Waals surface area contributed by atoms with Crippen LogP contribution in [0, 0.1) is 5.92 Å². The molecule has 4 nitrogen and oxygen atoms in total. The smallest absolute Gasteiger partial charge is 0.332 e. The van der Waals surface area contributed by atoms with Crippen LogP contribution in [0.15, 0.2) is 24.3 Å². The second kappa shape index (κ2) is 4.33. The molecule has 0 spiro atoms. The predicted molar refractivity (Wildman–Crippen MR) is 42.7 cm³/mol. The Hall–Kier alpha value is -1.58. The van der Waals surface area contributed by atoms with Crippen molar-refractivity contribution < 1.29 is 19.8 Å². The molecule has 0 aromatic heterocycles. The van der Waals surface area contributed by atoms with E-state index in [2.05, 4.69) is 6.58 Å². The quantitative estimate of drug-likeness (QED) is 0.485. The highest BCUT2D eigenvalue weighted by molar-refractivity contribution is 5.95. The highest BCUT2D eigenvalue weighted by Crippen LogP contribution is 2.10. The molecule has 2 N–H and O–H groups in total. The molecule has 4 heteroatoms. The second-order valence-corrected chi connectivity index (χ2v) is 2.27. The number of hydrogen-bond donors (Lipinski definition) is 2. The summed E-state index contributed by atoms with van der Waals surface area (Å²) in [5.74, 6) is -2.95. The summed E-state index contributed by atoms with van der Waals surface area (Å²) in [6.07, 6.45) is 2.05. The fraction of sp³-hybridized carbons (Fsp3) is 0.250. The molecule has 0 radical (unpaired) electrons. The van der Waals surface area contributed by atoms with Gasteiger partial charge in [-0.15, -0.1) is 6.58 Å². The Morgan fingerprint density at radius 2 is 1.92 bits per heavy atom. The van der Waals surface area contributed by atoms with Crippen molar-refractivity contribution in [3.8, 4) is 0 Å². The minimum absolute atomic E-state index is 0.169. The zero-order valence-electron chi connectivity index (χ0n) is 6.65. The van der Waals surface area contributed by atoms with Gasteiger partial charge in [0.05, 0.1) is 5.57 Å². The van der Waals surface area contributed by atoms with Gasteiger partial charge in [0.15, 0.2) is 0 Å². The summed E-state index contributed by atoms with van der Waals surface area (Å²) in [4.78, 5) is 20.6. The van der Waals surface area contributed by atoms with E-state index in [4.69, 9.17) is 10.2 Å². The monoisotopic (exact) mass is 170 g/mol. The van der Waals surface area contributed by atoms with Gasteiger partial charge >= 0.3 is 11.9 Å². The topological polar surface area (TPSA) is 74.6 Å². The minimum atomic E-state index is -1.26. The summed E-state index contributed by atoms with van der Waals surface area (Å²) >= 11 is 0. The van der Waals surface area contributed by atoms with Gasteiger partial charge in [0, 0.05) is 12.0 Å². The van der Waals surface area contributed by atoms with E-state index >= 15 is 0 Å². The zero-order valence-corrected chi connectivity index (χ0v) is 6.65. The molecule has 0 aliphatic heterocycles. The van der Waals surface area contributed by atoms with Crippen molar-refractivity contribution in [1.29, 1.82) is 0 Å². The number of allylic oxidation sites excluding steroid dienone is 1. The lowest BCUT2D eigenvalue weighted by molar-refractivity contribution is -0.135. The van der Waals surface area contributed by atoms with Crippen LogP contribution in [0.5, 0.6) is 0 Å². The molecule has 0 rings (SSSR count). The maximum atomic E-state index is 10.5. The SMILES string of the molecule is C=CC(C)/C(=C/C(=O)O)C(=O)O. The maximum absolute atomic E-state index is 10.5. The zero-order chi connectivity index (χ0) is 9.72. The highest BCUT2D eigenvalue weighted by atomic mass is 16.4. The molecule has 0 saturated carbocycles. The van der Waals surface area contributed by atoms with Gasteiger partial charge in [-0.05, 0) is 0 Å². The predicted octanol–water partition coefficient (Wildman–Crippen LogP) is 0.904. The highest BCUT2D eigenvalue weighted by Gasteiger charge is 2.14. The molecular weight excluding hydrogens is 160 g/mol. The van der Waals surface area contributed by atoms with Crippen LogP contribution < -0.4 is 0 Å². The van der Waals surface area contributed by atoms with Gasteiger partial charge in [-0.3, -0.25) is 0 Å². The number of hydrogen-bond acceptors (Lipinski definition) is 2. The minimum Gasteiger partial charge on any atom is -0.478 e. The molecule has 0 aliphatic rings. The first kappa shape index (κ1) is 10.4. The van der Waals surface area contributed by atoms with E-state index in [0.717, 1.165) is 0 Å². The summed E-state index contributed by atoms with van der Waals surface area (Å²) in [7, 11) is 0. The third-order valence-electron chi connectivity index (χ3n) is 1.37. The van der Waals surface area contributed by atoms with E-state index < -0.39 is 17.9 Å². The van der Waals surface area contributed by atoms with Crippen molar-refractivity contribution >= 4 is 11.9 Å². The summed E-state index contributed by atoms with van der Waals surface area (Å²) in [6.45, 7) is 4.94. The summed E-state index contributed by atoms with van der Waals surface area (Å²) < 4.78 is 0. The van der Waals surface area contributed by atoms with Crippen molar-refractivity contribution in [2.75, 3.05) is 0 Å². The fourth-order valence-corrected chi connectivity index (χ4v) is 0.648. The number of carbonyl (C=O) groups is 2. The third-order valence-corrected chi connectivity index (χ3v) is 1.37. The number of carboxylic acid groups (broad SMARTS) is 2. The Morgan fingerprint density at radius 1 is 1.42 bits per heavy atom. The van der Waals surface area contributed by atoms with Crippen LogP contribution in [-0.4, -0.2) is 22.2 Å². The first-order valence-electron chi connectivity index (χ1n) is 3.29. The van der Waals surface area contributed by atoms with Crippen LogP contribution in [0.1, 0.15) is 6.92 Å². The Balaban J connectivity index is 4.78. The lowest BCUT2D eigenvalue weighted by Crippen LogP contribution is -2.10. The van der Waals surface area contributed by atoms with Crippen LogP contribution in [0.3, 0.4) is 0 Å². The molecule has 0 bridgehead atoms. The van der Waals surface area contributed by atoms with Gasteiger partial charge in [0.2, 0.25) is 0 Å². The molecule has 12 heavy (non-hydrogen) atoms. The van der Waals surface area contributed by atoms with Gasteiger partial charge in [0.25, 0.3) is 0 Å². The van der Waals surface area contributed by atoms with Gasteiger partial charge in [-0.2, -0.15) is 0 Å². The number of carboxylic acids is 2. The number of aliphatic carboxylic acids is 2. The molecule has 0 fully saturated rings. The summed E-state index contributed by atoms with van der Waals surface area (Å²) in [6, 6.07) is 0. The van der Waals surface area contributed by atoms with Crippen LogP contribution in [0.25, 0.3) is 0 Å². The van der Waals surface area contributed by atoms with E-state index in [9.17, 15) is 9.59 Å². The normalized spacial score (nSPS) is 13.6. The fourth-order valence-electron chi connectivity index (χ4n) is 0.648. The van der Waals surface area contributed by atoms with Gasteiger partial charge < -0.3 is 10.2 Å². The second-order valence-electron chi connectivity index (χ2n) is 2.27. The molecule has 0 saturated heterocycles. The van der Waals surface area contributed by atoms with Gasteiger partial charge in [-0.25, -0.2) is 9.59 Å². The van der Waals surface area contributed by atoms with Crippen molar-refractivity contribution in [2.24, 2.45) is 5.92 Å². The summed E-state index contributed by atoms with van der Waals surface area (Å²) in [5, 5.41) is 16.8. The molecule has 0 aromatic carbocycles. The molecule has 1 atom stereocenters. The molecule has 0 heterocycles. The van der Waals surface area contributed by atoms with E-state index in [0.29, 0.717) is 6.08 Å². The Kier molecular flexibility index (Phi) is 3.76.